The summed E-state index contributed by atoms with van der Waals surface area (Å²) in [5.74, 6) is 1.69. The smallest absolute Gasteiger partial charge is 0.148 e. The topological polar surface area (TPSA) is 52.4 Å². The molecule has 0 saturated carbocycles. The van der Waals surface area contributed by atoms with Gasteiger partial charge in [-0.05, 0) is 18.2 Å². The molecule has 1 fully saturated rings. The molecule has 0 radical (unpaired) electrons. The van der Waals surface area contributed by atoms with Gasteiger partial charge < -0.3 is 14.5 Å². The lowest BCUT2D eigenvalue weighted by atomic mass is 10.1. The molecule has 0 unspecified atom stereocenters. The summed E-state index contributed by atoms with van der Waals surface area (Å²) in [5, 5.41) is 9.67. The van der Waals surface area contributed by atoms with Gasteiger partial charge >= 0.3 is 0 Å². The number of aromatic nitrogens is 1. The molecule has 4 rings (SSSR count). The van der Waals surface area contributed by atoms with Gasteiger partial charge in [0, 0.05) is 31.7 Å². The third-order valence-electron chi connectivity index (χ3n) is 4.85. The van der Waals surface area contributed by atoms with Crippen molar-refractivity contribution in [2.24, 2.45) is 0 Å². The molecule has 1 saturated heterocycles. The fraction of sp³-hybridized carbons (Fsp3) is 0.238. The van der Waals surface area contributed by atoms with Gasteiger partial charge in [-0.3, -0.25) is 0 Å². The summed E-state index contributed by atoms with van der Waals surface area (Å²) in [6.45, 7) is 3.37. The number of anilines is 2. The number of fused-ring (bicyclic) bond motifs is 1. The van der Waals surface area contributed by atoms with E-state index in [-0.39, 0.29) is 0 Å². The van der Waals surface area contributed by atoms with Crippen molar-refractivity contribution in [3.8, 4) is 23.1 Å². The average molecular weight is 344 g/mol. The molecule has 0 spiro atoms. The number of hydrogen-bond donors (Lipinski definition) is 0. The van der Waals surface area contributed by atoms with Crippen LogP contribution in [0.4, 0.5) is 11.5 Å². The standard InChI is InChI=1S/C21H20N4O/c1-26-20-10-6-5-9-19(20)24-11-13-25(14-12-24)21-17(15-22)16-7-3-2-4-8-18(16)23-21/h2-10H,11-14H2,1H3. The first-order chi connectivity index (χ1) is 12.8. The van der Waals surface area contributed by atoms with E-state index < -0.39 is 0 Å². The number of methoxy groups -OCH3 is 1. The number of nitriles is 1. The van der Waals surface area contributed by atoms with Gasteiger partial charge in [0.05, 0.1) is 18.5 Å². The first kappa shape index (κ1) is 16.2. The van der Waals surface area contributed by atoms with Gasteiger partial charge in [-0.15, -0.1) is 0 Å². The molecule has 26 heavy (non-hydrogen) atoms. The predicted octanol–water partition coefficient (Wildman–Crippen LogP) is 3.39. The molecule has 0 aromatic heterocycles. The lowest BCUT2D eigenvalue weighted by Gasteiger charge is -2.37. The maximum Gasteiger partial charge on any atom is 0.148 e. The number of benzene rings is 1. The van der Waals surface area contributed by atoms with E-state index in [1.54, 1.807) is 7.11 Å². The van der Waals surface area contributed by atoms with Gasteiger partial charge in [0.15, 0.2) is 0 Å². The van der Waals surface area contributed by atoms with Crippen molar-refractivity contribution in [1.29, 1.82) is 5.26 Å². The van der Waals surface area contributed by atoms with E-state index in [1.165, 1.54) is 0 Å². The first-order valence-electron chi connectivity index (χ1n) is 8.73. The first-order valence-corrected chi connectivity index (χ1v) is 8.73. The number of piperazine rings is 1. The van der Waals surface area contributed by atoms with Crippen LogP contribution in [-0.2, 0) is 0 Å². The van der Waals surface area contributed by atoms with Gasteiger partial charge in [0.1, 0.15) is 23.2 Å². The molecule has 5 nitrogen and oxygen atoms in total. The molecule has 3 aliphatic rings. The van der Waals surface area contributed by atoms with Crippen LogP contribution < -0.4 is 14.5 Å². The largest absolute Gasteiger partial charge is 0.495 e. The molecule has 0 atom stereocenters. The van der Waals surface area contributed by atoms with Crippen LogP contribution in [0.15, 0.2) is 54.6 Å². The number of para-hydroxylation sites is 2. The van der Waals surface area contributed by atoms with Crippen LogP contribution in [0.2, 0.25) is 0 Å². The molecule has 2 heterocycles. The van der Waals surface area contributed by atoms with Crippen molar-refractivity contribution in [2.75, 3.05) is 43.1 Å². The fourth-order valence-electron chi connectivity index (χ4n) is 3.53. The Kier molecular flexibility index (Phi) is 4.32. The Balaban J connectivity index is 1.59. The highest BCUT2D eigenvalue weighted by Crippen LogP contribution is 2.34. The van der Waals surface area contributed by atoms with E-state index in [9.17, 15) is 5.26 Å². The van der Waals surface area contributed by atoms with Gasteiger partial charge in [-0.25, -0.2) is 4.98 Å². The lowest BCUT2D eigenvalue weighted by Crippen LogP contribution is -2.47. The zero-order valence-corrected chi connectivity index (χ0v) is 14.7. The molecule has 2 aliphatic heterocycles. The van der Waals surface area contributed by atoms with Crippen molar-refractivity contribution < 1.29 is 4.74 Å². The SMILES string of the molecule is COc1ccccc1N1CCN(c2nc3cccccc-3c2C#N)CC1. The van der Waals surface area contributed by atoms with Crippen molar-refractivity contribution in [2.45, 2.75) is 0 Å². The molecule has 0 bridgehead atoms. The summed E-state index contributed by atoms with van der Waals surface area (Å²) in [6.07, 6.45) is 0. The zero-order valence-electron chi connectivity index (χ0n) is 14.7. The zero-order chi connectivity index (χ0) is 17.9. The Bertz CT molecular complexity index is 925. The molecule has 130 valence electrons. The van der Waals surface area contributed by atoms with Gasteiger partial charge in [0.2, 0.25) is 0 Å². The predicted molar refractivity (Wildman–Crippen MR) is 103 cm³/mol. The van der Waals surface area contributed by atoms with Crippen LogP contribution >= 0.6 is 0 Å². The van der Waals surface area contributed by atoms with Crippen LogP contribution in [0.5, 0.6) is 5.75 Å². The van der Waals surface area contributed by atoms with E-state index in [4.69, 9.17) is 9.72 Å². The maximum absolute atomic E-state index is 9.67. The molecular weight excluding hydrogens is 324 g/mol. The number of rotatable bonds is 3. The van der Waals surface area contributed by atoms with E-state index >= 15 is 0 Å². The van der Waals surface area contributed by atoms with Crippen molar-refractivity contribution in [3.05, 3.63) is 60.2 Å². The van der Waals surface area contributed by atoms with E-state index in [0.717, 1.165) is 54.7 Å². The molecule has 0 amide bonds. The average Bonchev–Trinajstić information content (AvgIpc) is 2.89. The second-order valence-corrected chi connectivity index (χ2v) is 6.28. The Morgan fingerprint density at radius 2 is 1.62 bits per heavy atom. The summed E-state index contributed by atoms with van der Waals surface area (Å²) < 4.78 is 5.48. The maximum atomic E-state index is 9.67. The van der Waals surface area contributed by atoms with E-state index in [2.05, 4.69) is 21.9 Å². The Morgan fingerprint density at radius 3 is 2.38 bits per heavy atom. The van der Waals surface area contributed by atoms with Crippen molar-refractivity contribution >= 4 is 11.5 Å². The summed E-state index contributed by atoms with van der Waals surface area (Å²) >= 11 is 0. The third kappa shape index (κ3) is 2.80. The van der Waals surface area contributed by atoms with Gasteiger partial charge in [0.25, 0.3) is 0 Å². The molecule has 1 aromatic carbocycles. The Labute approximate surface area is 153 Å². The van der Waals surface area contributed by atoms with E-state index in [1.807, 2.05) is 48.5 Å². The molecule has 0 N–H and O–H groups in total. The third-order valence-corrected chi connectivity index (χ3v) is 4.85. The summed E-state index contributed by atoms with van der Waals surface area (Å²) in [5.41, 5.74) is 3.57. The number of nitrogens with zero attached hydrogens (tertiary/aromatic N) is 4. The summed E-state index contributed by atoms with van der Waals surface area (Å²) in [6, 6.07) is 20.2. The second kappa shape index (κ2) is 6.93. The molecular formula is C21H20N4O. The minimum atomic E-state index is 0.668. The Hall–Kier alpha value is -3.26. The number of ether oxygens (including phenoxy) is 1. The van der Waals surface area contributed by atoms with Crippen LogP contribution in [-0.4, -0.2) is 38.3 Å². The summed E-state index contributed by atoms with van der Waals surface area (Å²) in [7, 11) is 1.70. The van der Waals surface area contributed by atoms with Crippen LogP contribution in [0.25, 0.3) is 11.3 Å². The van der Waals surface area contributed by atoms with Crippen LogP contribution in [0.1, 0.15) is 5.56 Å². The van der Waals surface area contributed by atoms with E-state index in [0.29, 0.717) is 5.56 Å². The normalized spacial score (nSPS) is 14.3. The molecule has 5 heteroatoms. The van der Waals surface area contributed by atoms with Crippen molar-refractivity contribution in [3.63, 3.8) is 0 Å². The van der Waals surface area contributed by atoms with Crippen LogP contribution in [0, 0.1) is 11.3 Å². The molecule has 1 aliphatic carbocycles. The highest BCUT2D eigenvalue weighted by Gasteiger charge is 2.25. The van der Waals surface area contributed by atoms with Gasteiger partial charge in [-0.1, -0.05) is 36.4 Å². The Morgan fingerprint density at radius 1 is 0.923 bits per heavy atom. The van der Waals surface area contributed by atoms with Crippen LogP contribution in [0.3, 0.4) is 0 Å². The highest BCUT2D eigenvalue weighted by atomic mass is 16.5. The minimum absolute atomic E-state index is 0.668. The lowest BCUT2D eigenvalue weighted by molar-refractivity contribution is 0.413. The summed E-state index contributed by atoms with van der Waals surface area (Å²) in [4.78, 5) is 9.28. The monoisotopic (exact) mass is 344 g/mol. The second-order valence-electron chi connectivity index (χ2n) is 6.28. The fourth-order valence-corrected chi connectivity index (χ4v) is 3.53. The minimum Gasteiger partial charge on any atom is -0.495 e. The quantitative estimate of drug-likeness (QED) is 0.729. The highest BCUT2D eigenvalue weighted by molar-refractivity contribution is 5.78. The molecule has 1 aromatic rings. The van der Waals surface area contributed by atoms with Crippen molar-refractivity contribution in [1.82, 2.24) is 4.98 Å². The van der Waals surface area contributed by atoms with Gasteiger partial charge in [-0.2, -0.15) is 5.26 Å². The number of hydrogen-bond acceptors (Lipinski definition) is 5.